The van der Waals surface area contributed by atoms with Gasteiger partial charge in [0, 0.05) is 6.07 Å². The number of benzene rings is 2. The zero-order chi connectivity index (χ0) is 17.9. The smallest absolute Gasteiger partial charge is 0.339 e. The molecule has 2 aromatic rings. The Hall–Kier alpha value is -2.45. The summed E-state index contributed by atoms with van der Waals surface area (Å²) in [5, 5.41) is 9.48. The number of nitrogens with one attached hydrogen (secondary N) is 1. The van der Waals surface area contributed by atoms with E-state index in [4.69, 9.17) is 21.1 Å². The van der Waals surface area contributed by atoms with Crippen LogP contribution >= 0.6 is 11.6 Å². The van der Waals surface area contributed by atoms with E-state index in [9.17, 15) is 18.3 Å². The van der Waals surface area contributed by atoms with Crippen LogP contribution in [-0.2, 0) is 10.0 Å². The number of aromatic carboxylic acids is 1. The highest BCUT2D eigenvalue weighted by atomic mass is 35.5. The van der Waals surface area contributed by atoms with Crippen LogP contribution in [0.5, 0.6) is 11.5 Å². The highest BCUT2D eigenvalue weighted by Crippen LogP contribution is 2.35. The predicted molar refractivity (Wildman–Crippen MR) is 88.8 cm³/mol. The van der Waals surface area contributed by atoms with Gasteiger partial charge in [-0.05, 0) is 18.2 Å². The molecule has 0 fully saturated rings. The summed E-state index contributed by atoms with van der Waals surface area (Å²) < 4.78 is 37.4. The fourth-order valence-electron chi connectivity index (χ4n) is 2.00. The van der Waals surface area contributed by atoms with Crippen molar-refractivity contribution in [2.24, 2.45) is 0 Å². The second kappa shape index (κ2) is 6.98. The first-order valence-corrected chi connectivity index (χ1v) is 8.43. The standard InChI is InChI=1S/C15H14ClNO6S/c1-22-13-8-9(7-10(15(18)19)14(13)23-2)24(20,21)17-12-6-4-3-5-11(12)16/h3-8,17H,1-2H3,(H,18,19). The minimum Gasteiger partial charge on any atom is -0.493 e. The van der Waals surface area contributed by atoms with Gasteiger partial charge >= 0.3 is 5.97 Å². The van der Waals surface area contributed by atoms with Gasteiger partial charge in [-0.3, -0.25) is 4.72 Å². The van der Waals surface area contributed by atoms with Crippen LogP contribution < -0.4 is 14.2 Å². The number of rotatable bonds is 6. The summed E-state index contributed by atoms with van der Waals surface area (Å²) in [6.45, 7) is 0. The number of methoxy groups -OCH3 is 2. The number of halogens is 1. The van der Waals surface area contributed by atoms with Crippen LogP contribution in [0.25, 0.3) is 0 Å². The number of carboxylic acids is 1. The maximum absolute atomic E-state index is 12.5. The van der Waals surface area contributed by atoms with Crippen molar-refractivity contribution in [1.29, 1.82) is 0 Å². The third-order valence-corrected chi connectivity index (χ3v) is 4.79. The predicted octanol–water partition coefficient (Wildman–Crippen LogP) is 2.86. The lowest BCUT2D eigenvalue weighted by atomic mass is 10.2. The average Bonchev–Trinajstić information content (AvgIpc) is 2.55. The molecule has 0 atom stereocenters. The van der Waals surface area contributed by atoms with Gasteiger partial charge in [-0.25, -0.2) is 13.2 Å². The van der Waals surface area contributed by atoms with Crippen molar-refractivity contribution in [3.63, 3.8) is 0 Å². The third kappa shape index (κ3) is 3.55. The molecule has 0 unspecified atom stereocenters. The first-order valence-electron chi connectivity index (χ1n) is 6.57. The molecule has 2 N–H and O–H groups in total. The molecule has 0 aliphatic rings. The second-order valence-corrected chi connectivity index (χ2v) is 6.69. The number of para-hydroxylation sites is 1. The van der Waals surface area contributed by atoms with E-state index in [-0.39, 0.29) is 32.7 Å². The van der Waals surface area contributed by atoms with Crippen LogP contribution in [0.15, 0.2) is 41.3 Å². The van der Waals surface area contributed by atoms with E-state index in [1.54, 1.807) is 12.1 Å². The van der Waals surface area contributed by atoms with Gasteiger partial charge in [0.25, 0.3) is 10.0 Å². The van der Waals surface area contributed by atoms with Gasteiger partial charge in [0.2, 0.25) is 0 Å². The molecule has 0 bridgehead atoms. The van der Waals surface area contributed by atoms with Crippen molar-refractivity contribution in [3.05, 3.63) is 47.0 Å². The van der Waals surface area contributed by atoms with E-state index in [0.29, 0.717) is 0 Å². The zero-order valence-electron chi connectivity index (χ0n) is 12.7. The lowest BCUT2D eigenvalue weighted by Crippen LogP contribution is -2.15. The summed E-state index contributed by atoms with van der Waals surface area (Å²) in [5.74, 6) is -1.43. The summed E-state index contributed by atoms with van der Waals surface area (Å²) in [6, 6.07) is 8.43. The Balaban J connectivity index is 2.56. The molecule has 0 saturated carbocycles. The van der Waals surface area contributed by atoms with Gasteiger partial charge in [-0.15, -0.1) is 0 Å². The molecule has 0 spiro atoms. The molecule has 128 valence electrons. The quantitative estimate of drug-likeness (QED) is 0.809. The highest BCUT2D eigenvalue weighted by Gasteiger charge is 2.24. The molecule has 0 radical (unpaired) electrons. The topological polar surface area (TPSA) is 102 Å². The summed E-state index contributed by atoms with van der Waals surface area (Å²) in [6.07, 6.45) is 0. The Kier molecular flexibility index (Phi) is 5.20. The van der Waals surface area contributed by atoms with Crippen molar-refractivity contribution in [2.75, 3.05) is 18.9 Å². The van der Waals surface area contributed by atoms with E-state index < -0.39 is 16.0 Å². The zero-order valence-corrected chi connectivity index (χ0v) is 14.3. The van der Waals surface area contributed by atoms with Crippen LogP contribution in [0.1, 0.15) is 10.4 Å². The summed E-state index contributed by atoms with van der Waals surface area (Å²) >= 11 is 5.94. The molecule has 0 heterocycles. The fourth-order valence-corrected chi connectivity index (χ4v) is 3.36. The van der Waals surface area contributed by atoms with Crippen LogP contribution in [0.2, 0.25) is 5.02 Å². The maximum atomic E-state index is 12.5. The van der Waals surface area contributed by atoms with Gasteiger partial charge in [0.15, 0.2) is 11.5 Å². The largest absolute Gasteiger partial charge is 0.493 e. The van der Waals surface area contributed by atoms with Crippen LogP contribution in [0, 0.1) is 0 Å². The van der Waals surface area contributed by atoms with Crippen molar-refractivity contribution in [2.45, 2.75) is 4.90 Å². The molecule has 0 aliphatic carbocycles. The fraction of sp³-hybridized carbons (Fsp3) is 0.133. The summed E-state index contributed by atoms with van der Waals surface area (Å²) in [5.41, 5.74) is -0.165. The summed E-state index contributed by atoms with van der Waals surface area (Å²) in [4.78, 5) is 11.1. The van der Waals surface area contributed by atoms with Crippen molar-refractivity contribution >= 4 is 33.3 Å². The van der Waals surface area contributed by atoms with E-state index in [1.807, 2.05) is 0 Å². The number of carbonyl (C=O) groups is 1. The van der Waals surface area contributed by atoms with Gasteiger partial charge in [0.05, 0.1) is 29.8 Å². The first-order chi connectivity index (χ1) is 11.3. The average molecular weight is 372 g/mol. The Labute approximate surface area is 143 Å². The molecule has 7 nitrogen and oxygen atoms in total. The Morgan fingerprint density at radius 3 is 2.38 bits per heavy atom. The van der Waals surface area contributed by atoms with E-state index >= 15 is 0 Å². The minimum atomic E-state index is -4.08. The van der Waals surface area contributed by atoms with E-state index in [0.717, 1.165) is 6.07 Å². The molecule has 24 heavy (non-hydrogen) atoms. The Bertz CT molecular complexity index is 882. The molecule has 0 saturated heterocycles. The molecule has 2 rings (SSSR count). The number of ether oxygens (including phenoxy) is 2. The number of hydrogen-bond donors (Lipinski definition) is 2. The third-order valence-electron chi connectivity index (χ3n) is 3.11. The molecule has 9 heteroatoms. The molecular weight excluding hydrogens is 358 g/mol. The van der Waals surface area contributed by atoms with Crippen LogP contribution in [0.3, 0.4) is 0 Å². The SMILES string of the molecule is COc1cc(S(=O)(=O)Nc2ccccc2Cl)cc(C(=O)O)c1OC. The summed E-state index contributed by atoms with van der Waals surface area (Å²) in [7, 11) is -1.54. The number of hydrogen-bond acceptors (Lipinski definition) is 5. The van der Waals surface area contributed by atoms with Gasteiger partial charge < -0.3 is 14.6 Å². The lowest BCUT2D eigenvalue weighted by molar-refractivity contribution is 0.0692. The number of sulfonamides is 1. The van der Waals surface area contributed by atoms with E-state index in [1.165, 1.54) is 32.4 Å². The molecule has 0 aromatic heterocycles. The maximum Gasteiger partial charge on any atom is 0.339 e. The highest BCUT2D eigenvalue weighted by molar-refractivity contribution is 7.92. The van der Waals surface area contributed by atoms with Crippen molar-refractivity contribution in [1.82, 2.24) is 0 Å². The molecule has 0 amide bonds. The molecule has 0 aliphatic heterocycles. The Morgan fingerprint density at radius 1 is 1.17 bits per heavy atom. The Morgan fingerprint density at radius 2 is 1.83 bits per heavy atom. The van der Waals surface area contributed by atoms with Gasteiger partial charge in [-0.1, -0.05) is 23.7 Å². The van der Waals surface area contributed by atoms with Crippen molar-refractivity contribution in [3.8, 4) is 11.5 Å². The first kappa shape index (κ1) is 17.9. The van der Waals surface area contributed by atoms with Gasteiger partial charge in [-0.2, -0.15) is 0 Å². The monoisotopic (exact) mass is 371 g/mol. The molecular formula is C15H14ClNO6S. The van der Waals surface area contributed by atoms with Crippen molar-refractivity contribution < 1.29 is 27.8 Å². The number of anilines is 1. The number of carboxylic acid groups (broad SMARTS) is 1. The van der Waals surface area contributed by atoms with E-state index in [2.05, 4.69) is 4.72 Å². The minimum absolute atomic E-state index is 0.0167. The van der Waals surface area contributed by atoms with Crippen LogP contribution in [-0.4, -0.2) is 33.7 Å². The van der Waals surface area contributed by atoms with Crippen LogP contribution in [0.4, 0.5) is 5.69 Å². The lowest BCUT2D eigenvalue weighted by Gasteiger charge is -2.14. The second-order valence-electron chi connectivity index (χ2n) is 4.60. The molecule has 2 aromatic carbocycles. The van der Waals surface area contributed by atoms with Gasteiger partial charge in [0.1, 0.15) is 5.56 Å². The normalized spacial score (nSPS) is 11.0.